The number of aryl methyl sites for hydroxylation is 1. The van der Waals surface area contributed by atoms with Gasteiger partial charge in [0.15, 0.2) is 5.82 Å². The predicted molar refractivity (Wildman–Crippen MR) is 79.1 cm³/mol. The van der Waals surface area contributed by atoms with Crippen molar-refractivity contribution in [1.82, 2.24) is 19.6 Å². The quantitative estimate of drug-likeness (QED) is 0.864. The van der Waals surface area contributed by atoms with Crippen LogP contribution in [0.15, 0.2) is 23.3 Å². The van der Waals surface area contributed by atoms with Gasteiger partial charge >= 0.3 is 0 Å². The Morgan fingerprint density at radius 3 is 2.62 bits per heavy atom. The Bertz CT molecular complexity index is 729. The van der Waals surface area contributed by atoms with Crippen molar-refractivity contribution in [3.05, 3.63) is 39.9 Å². The molecule has 0 aromatic carbocycles. The summed E-state index contributed by atoms with van der Waals surface area (Å²) in [7, 11) is 0. The van der Waals surface area contributed by atoms with Crippen LogP contribution in [0.1, 0.15) is 38.3 Å². The van der Waals surface area contributed by atoms with Gasteiger partial charge in [-0.1, -0.05) is 20.8 Å². The molecule has 0 aliphatic rings. The fourth-order valence-electron chi connectivity index (χ4n) is 1.97. The maximum atomic E-state index is 12.3. The summed E-state index contributed by atoms with van der Waals surface area (Å²) in [5, 5.41) is 17.8. The topological polar surface area (TPSA) is 76.5 Å². The summed E-state index contributed by atoms with van der Waals surface area (Å²) in [5.74, 6) is 0.519. The number of rotatable bonds is 3. The number of hydrogen-bond donors (Lipinski definition) is 0. The monoisotopic (exact) mass is 285 g/mol. The molecule has 6 nitrogen and oxygen atoms in total. The lowest BCUT2D eigenvalue weighted by molar-refractivity contribution is 0.335. The first-order valence-corrected chi connectivity index (χ1v) is 6.85. The van der Waals surface area contributed by atoms with Crippen LogP contribution in [-0.2, 0) is 6.54 Å². The van der Waals surface area contributed by atoms with E-state index in [2.05, 4.69) is 31.0 Å². The summed E-state index contributed by atoms with van der Waals surface area (Å²) < 4.78 is 2.94. The number of aromatic nitrogens is 4. The Kier molecular flexibility index (Phi) is 3.94. The zero-order valence-corrected chi connectivity index (χ0v) is 12.8. The van der Waals surface area contributed by atoms with Crippen LogP contribution in [0.25, 0.3) is 5.82 Å². The summed E-state index contributed by atoms with van der Waals surface area (Å²) in [4.78, 5) is 12.3. The van der Waals surface area contributed by atoms with Gasteiger partial charge in [-0.15, -0.1) is 5.10 Å². The van der Waals surface area contributed by atoms with Crippen LogP contribution in [0.3, 0.4) is 0 Å². The minimum atomic E-state index is -0.338. The van der Waals surface area contributed by atoms with Crippen molar-refractivity contribution in [1.29, 1.82) is 5.26 Å². The third kappa shape index (κ3) is 3.19. The Morgan fingerprint density at radius 1 is 1.38 bits per heavy atom. The van der Waals surface area contributed by atoms with Gasteiger partial charge in [0.05, 0.1) is 0 Å². The van der Waals surface area contributed by atoms with E-state index in [1.165, 1.54) is 4.68 Å². The molecule has 0 bridgehead atoms. The van der Waals surface area contributed by atoms with Gasteiger partial charge in [-0.25, -0.2) is 9.36 Å². The molecule has 110 valence electrons. The molecular formula is C15H19N5O. The Labute approximate surface area is 123 Å². The van der Waals surface area contributed by atoms with Crippen molar-refractivity contribution in [3.8, 4) is 11.9 Å². The molecule has 0 saturated heterocycles. The van der Waals surface area contributed by atoms with Crippen LogP contribution >= 0.6 is 0 Å². The fraction of sp³-hybridized carbons (Fsp3) is 0.467. The van der Waals surface area contributed by atoms with Gasteiger partial charge in [-0.3, -0.25) is 4.79 Å². The average molecular weight is 285 g/mol. The minimum Gasteiger partial charge on any atom is -0.266 e. The average Bonchev–Trinajstić information content (AvgIpc) is 2.91. The van der Waals surface area contributed by atoms with Gasteiger partial charge in [0.25, 0.3) is 5.56 Å². The van der Waals surface area contributed by atoms with Crippen molar-refractivity contribution in [3.63, 3.8) is 0 Å². The normalized spacial score (nSPS) is 11.4. The molecule has 0 spiro atoms. The van der Waals surface area contributed by atoms with Crippen molar-refractivity contribution in [2.24, 2.45) is 5.41 Å². The second kappa shape index (κ2) is 5.52. The summed E-state index contributed by atoms with van der Waals surface area (Å²) >= 11 is 0. The van der Waals surface area contributed by atoms with Gasteiger partial charge in [0.2, 0.25) is 0 Å². The van der Waals surface area contributed by atoms with E-state index in [1.807, 2.05) is 6.07 Å². The van der Waals surface area contributed by atoms with Crippen molar-refractivity contribution in [2.75, 3.05) is 0 Å². The molecule has 0 amide bonds. The zero-order valence-electron chi connectivity index (χ0n) is 12.8. The molecular weight excluding hydrogens is 266 g/mol. The Balaban J connectivity index is 2.54. The second-order valence-corrected chi connectivity index (χ2v) is 6.22. The maximum absolute atomic E-state index is 12.3. The van der Waals surface area contributed by atoms with E-state index in [9.17, 15) is 10.1 Å². The van der Waals surface area contributed by atoms with Crippen LogP contribution in [-0.4, -0.2) is 19.6 Å². The first-order chi connectivity index (χ1) is 9.83. The number of nitriles is 1. The zero-order chi connectivity index (χ0) is 15.6. The van der Waals surface area contributed by atoms with E-state index in [0.717, 1.165) is 6.42 Å². The molecule has 0 N–H and O–H groups in total. The van der Waals surface area contributed by atoms with E-state index in [-0.39, 0.29) is 16.5 Å². The fourth-order valence-corrected chi connectivity index (χ4v) is 1.97. The molecule has 2 heterocycles. The highest BCUT2D eigenvalue weighted by molar-refractivity contribution is 5.43. The van der Waals surface area contributed by atoms with E-state index in [4.69, 9.17) is 0 Å². The van der Waals surface area contributed by atoms with Gasteiger partial charge < -0.3 is 0 Å². The van der Waals surface area contributed by atoms with Crippen molar-refractivity contribution in [2.45, 2.75) is 40.7 Å². The van der Waals surface area contributed by atoms with Crippen LogP contribution in [0.4, 0.5) is 0 Å². The molecule has 2 aromatic rings. The Morgan fingerprint density at radius 2 is 2.10 bits per heavy atom. The van der Waals surface area contributed by atoms with Crippen LogP contribution in [0.2, 0.25) is 0 Å². The van der Waals surface area contributed by atoms with Crippen molar-refractivity contribution < 1.29 is 0 Å². The molecule has 0 saturated carbocycles. The highest BCUT2D eigenvalue weighted by Gasteiger charge is 2.17. The van der Waals surface area contributed by atoms with Crippen molar-refractivity contribution >= 4 is 0 Å². The summed E-state index contributed by atoms with van der Waals surface area (Å²) in [5.41, 5.74) is 0.433. The SMILES string of the molecule is Cc1c(-n2cccn2)nn(CCC(C)(C)C)c(=O)c1C#N. The van der Waals surface area contributed by atoms with Crippen LogP contribution in [0, 0.1) is 23.7 Å². The molecule has 0 aliphatic heterocycles. The molecule has 0 atom stereocenters. The van der Waals surface area contributed by atoms with Gasteiger partial charge in [0.1, 0.15) is 11.6 Å². The molecule has 21 heavy (non-hydrogen) atoms. The van der Waals surface area contributed by atoms with E-state index < -0.39 is 0 Å². The van der Waals surface area contributed by atoms with Gasteiger partial charge in [0, 0.05) is 24.5 Å². The summed E-state index contributed by atoms with van der Waals surface area (Å²) in [6, 6.07) is 3.76. The Hall–Kier alpha value is -2.42. The van der Waals surface area contributed by atoms with E-state index in [0.29, 0.717) is 17.9 Å². The summed E-state index contributed by atoms with van der Waals surface area (Å²) in [6.07, 6.45) is 4.18. The molecule has 0 radical (unpaired) electrons. The third-order valence-corrected chi connectivity index (χ3v) is 3.28. The predicted octanol–water partition coefficient (Wildman–Crippen LogP) is 2.05. The first kappa shape index (κ1) is 15.0. The molecule has 2 aromatic heterocycles. The molecule has 6 heteroatoms. The second-order valence-electron chi connectivity index (χ2n) is 6.22. The lowest BCUT2D eigenvalue weighted by Gasteiger charge is -2.19. The third-order valence-electron chi connectivity index (χ3n) is 3.28. The molecule has 0 fully saturated rings. The molecule has 0 unspecified atom stereocenters. The van der Waals surface area contributed by atoms with Gasteiger partial charge in [-0.05, 0) is 24.8 Å². The highest BCUT2D eigenvalue weighted by atomic mass is 16.1. The highest BCUT2D eigenvalue weighted by Crippen LogP contribution is 2.19. The molecule has 2 rings (SSSR count). The largest absolute Gasteiger partial charge is 0.285 e. The number of nitrogens with zero attached hydrogens (tertiary/aromatic N) is 5. The standard InChI is InChI=1S/C15H19N5O/c1-11-12(10-16)14(21)20(9-6-15(2,3)4)18-13(11)19-8-5-7-17-19/h5,7-8H,6,9H2,1-4H3. The summed E-state index contributed by atoms with van der Waals surface area (Å²) in [6.45, 7) is 8.51. The van der Waals surface area contributed by atoms with Crippen LogP contribution in [0.5, 0.6) is 0 Å². The number of hydrogen-bond acceptors (Lipinski definition) is 4. The van der Waals surface area contributed by atoms with Gasteiger partial charge in [-0.2, -0.15) is 10.4 Å². The first-order valence-electron chi connectivity index (χ1n) is 6.85. The lowest BCUT2D eigenvalue weighted by atomic mass is 9.92. The smallest absolute Gasteiger partial charge is 0.266 e. The van der Waals surface area contributed by atoms with Crippen LogP contribution < -0.4 is 5.56 Å². The van der Waals surface area contributed by atoms with E-state index in [1.54, 1.807) is 30.1 Å². The lowest BCUT2D eigenvalue weighted by Crippen LogP contribution is -2.30. The molecule has 0 aliphatic carbocycles. The minimum absolute atomic E-state index is 0.0880. The maximum Gasteiger partial charge on any atom is 0.285 e. The van der Waals surface area contributed by atoms with E-state index >= 15 is 0 Å².